The molecule has 3 aromatic carbocycles. The van der Waals surface area contributed by atoms with Crippen LogP contribution in [0.5, 0.6) is 5.75 Å². The number of carbonyl (C=O) groups is 1. The van der Waals surface area contributed by atoms with Gasteiger partial charge in [-0.1, -0.05) is 48.5 Å². The second kappa shape index (κ2) is 11.1. The van der Waals surface area contributed by atoms with Crippen molar-refractivity contribution in [1.82, 2.24) is 4.90 Å². The minimum Gasteiger partial charge on any atom is -0.497 e. The van der Waals surface area contributed by atoms with E-state index >= 15 is 0 Å². The summed E-state index contributed by atoms with van der Waals surface area (Å²) in [7, 11) is 5.71. The van der Waals surface area contributed by atoms with Gasteiger partial charge in [-0.2, -0.15) is 0 Å². The number of amides is 1. The Morgan fingerprint density at radius 3 is 2.41 bits per heavy atom. The molecule has 5 nitrogen and oxygen atoms in total. The molecule has 1 amide bonds. The number of fused-ring (bicyclic) bond motifs is 1. The molecule has 0 radical (unpaired) electrons. The highest BCUT2D eigenvalue weighted by atomic mass is 32.2. The van der Waals surface area contributed by atoms with Gasteiger partial charge in [-0.05, 0) is 62.0 Å². The Morgan fingerprint density at radius 2 is 1.74 bits per heavy atom. The highest BCUT2D eigenvalue weighted by Crippen LogP contribution is 2.47. The number of anilines is 1. The number of likely N-dealkylation sites (N-methyl/N-ethyl adjacent to an activating group) is 1. The number of aryl methyl sites for hydroxylation is 1. The van der Waals surface area contributed by atoms with Gasteiger partial charge in [0.25, 0.3) is 5.91 Å². The van der Waals surface area contributed by atoms with E-state index in [0.29, 0.717) is 13.2 Å². The molecule has 2 atom stereocenters. The lowest BCUT2D eigenvalue weighted by Gasteiger charge is -2.29. The summed E-state index contributed by atoms with van der Waals surface area (Å²) in [5.41, 5.74) is 4.21. The smallest absolute Gasteiger partial charge is 0.257 e. The molecule has 4 rings (SSSR count). The molecule has 0 fully saturated rings. The first-order valence-electron chi connectivity index (χ1n) is 11.5. The number of ether oxygens (including phenoxy) is 2. The Bertz CT molecular complexity index is 1100. The standard InChI is InChI=1S/C28H32N2O3S/c1-20-10-15-24-25(18-20)34-27(22-11-13-23(32-4)14-12-22)26(28(31)30(24)17-16-29(2)3)33-19-21-8-6-5-7-9-21/h5-15,18,26-27H,16-17,19H2,1-4H3/t26-,27+/m0/s1. The van der Waals surface area contributed by atoms with Crippen LogP contribution in [-0.4, -0.2) is 51.2 Å². The Kier molecular flexibility index (Phi) is 7.93. The molecular formula is C28H32N2O3S. The molecular weight excluding hydrogens is 444 g/mol. The van der Waals surface area contributed by atoms with Gasteiger partial charge in [-0.25, -0.2) is 0 Å². The lowest BCUT2D eigenvalue weighted by molar-refractivity contribution is -0.131. The van der Waals surface area contributed by atoms with Crippen LogP contribution in [0.4, 0.5) is 5.69 Å². The van der Waals surface area contributed by atoms with Crippen molar-refractivity contribution < 1.29 is 14.3 Å². The largest absolute Gasteiger partial charge is 0.497 e. The molecule has 6 heteroatoms. The first kappa shape index (κ1) is 24.3. The summed E-state index contributed by atoms with van der Waals surface area (Å²) < 4.78 is 11.8. The van der Waals surface area contributed by atoms with Crippen LogP contribution < -0.4 is 9.64 Å². The van der Waals surface area contributed by atoms with Crippen molar-refractivity contribution >= 4 is 23.4 Å². The van der Waals surface area contributed by atoms with E-state index < -0.39 is 6.10 Å². The van der Waals surface area contributed by atoms with Gasteiger partial charge < -0.3 is 19.3 Å². The van der Waals surface area contributed by atoms with Gasteiger partial charge in [0.15, 0.2) is 6.10 Å². The first-order valence-corrected chi connectivity index (χ1v) is 12.4. The molecule has 0 saturated heterocycles. The van der Waals surface area contributed by atoms with Crippen LogP contribution in [0.3, 0.4) is 0 Å². The fraction of sp³-hybridized carbons (Fsp3) is 0.321. The maximum Gasteiger partial charge on any atom is 0.257 e. The van der Waals surface area contributed by atoms with E-state index in [1.54, 1.807) is 18.9 Å². The monoisotopic (exact) mass is 476 g/mol. The zero-order valence-corrected chi connectivity index (χ0v) is 21.0. The zero-order valence-electron chi connectivity index (χ0n) is 20.2. The van der Waals surface area contributed by atoms with E-state index in [2.05, 4.69) is 30.0 Å². The van der Waals surface area contributed by atoms with Crippen molar-refractivity contribution in [2.24, 2.45) is 0 Å². The van der Waals surface area contributed by atoms with E-state index in [4.69, 9.17) is 9.47 Å². The summed E-state index contributed by atoms with van der Waals surface area (Å²) in [6.07, 6.45) is -0.631. The van der Waals surface area contributed by atoms with Gasteiger partial charge in [0.1, 0.15) is 5.75 Å². The third-order valence-corrected chi connectivity index (χ3v) is 7.29. The number of hydrogen-bond acceptors (Lipinski definition) is 5. The summed E-state index contributed by atoms with van der Waals surface area (Å²) >= 11 is 1.70. The van der Waals surface area contributed by atoms with Crippen LogP contribution in [0.15, 0.2) is 77.7 Å². The van der Waals surface area contributed by atoms with Crippen LogP contribution in [0.25, 0.3) is 0 Å². The molecule has 1 heterocycles. The highest BCUT2D eigenvalue weighted by Gasteiger charge is 2.39. The normalized spacial score (nSPS) is 18.0. The second-order valence-electron chi connectivity index (χ2n) is 8.79. The zero-order chi connectivity index (χ0) is 24.1. The molecule has 1 aliphatic heterocycles. The number of methoxy groups -OCH3 is 1. The van der Waals surface area contributed by atoms with Crippen LogP contribution in [0, 0.1) is 6.92 Å². The number of thioether (sulfide) groups is 1. The van der Waals surface area contributed by atoms with Crippen LogP contribution in [0.1, 0.15) is 21.9 Å². The lowest BCUT2D eigenvalue weighted by atomic mass is 10.1. The molecule has 0 N–H and O–H groups in total. The van der Waals surface area contributed by atoms with Gasteiger partial charge in [0.2, 0.25) is 0 Å². The third-order valence-electron chi connectivity index (χ3n) is 5.93. The molecule has 0 saturated carbocycles. The minimum atomic E-state index is -0.631. The first-order chi connectivity index (χ1) is 16.5. The molecule has 0 unspecified atom stereocenters. The minimum absolute atomic E-state index is 0.00583. The van der Waals surface area contributed by atoms with E-state index in [1.807, 2.05) is 73.6 Å². The average Bonchev–Trinajstić information content (AvgIpc) is 2.95. The fourth-order valence-corrected chi connectivity index (χ4v) is 5.46. The molecule has 178 valence electrons. The Morgan fingerprint density at radius 1 is 1.00 bits per heavy atom. The Balaban J connectivity index is 1.75. The van der Waals surface area contributed by atoms with Crippen LogP contribution in [0.2, 0.25) is 0 Å². The molecule has 34 heavy (non-hydrogen) atoms. The van der Waals surface area contributed by atoms with Gasteiger partial charge in [0.05, 0.1) is 24.7 Å². The van der Waals surface area contributed by atoms with Crippen molar-refractivity contribution in [3.8, 4) is 5.75 Å². The van der Waals surface area contributed by atoms with Crippen molar-refractivity contribution in [3.05, 3.63) is 89.5 Å². The number of benzene rings is 3. The van der Waals surface area contributed by atoms with Crippen molar-refractivity contribution in [1.29, 1.82) is 0 Å². The summed E-state index contributed by atoms with van der Waals surface area (Å²) in [6.45, 7) is 3.83. The summed E-state index contributed by atoms with van der Waals surface area (Å²) in [6, 6.07) is 24.3. The van der Waals surface area contributed by atoms with Crippen LogP contribution in [-0.2, 0) is 16.1 Å². The lowest BCUT2D eigenvalue weighted by Crippen LogP contribution is -2.44. The van der Waals surface area contributed by atoms with Gasteiger partial charge >= 0.3 is 0 Å². The molecule has 1 aliphatic rings. The Labute approximate surface area is 206 Å². The maximum absolute atomic E-state index is 14.1. The Hall–Kier alpha value is -2.80. The molecule has 0 spiro atoms. The molecule has 3 aromatic rings. The number of rotatable bonds is 8. The molecule has 0 bridgehead atoms. The van der Waals surface area contributed by atoms with Crippen LogP contribution >= 0.6 is 11.8 Å². The van der Waals surface area contributed by atoms with Gasteiger partial charge in [-0.15, -0.1) is 11.8 Å². The molecule has 0 aromatic heterocycles. The second-order valence-corrected chi connectivity index (χ2v) is 9.98. The fourth-order valence-electron chi connectivity index (χ4n) is 4.03. The highest BCUT2D eigenvalue weighted by molar-refractivity contribution is 7.99. The van der Waals surface area contributed by atoms with E-state index in [1.165, 1.54) is 5.56 Å². The summed E-state index contributed by atoms with van der Waals surface area (Å²) in [4.78, 5) is 19.2. The number of hydrogen-bond donors (Lipinski definition) is 0. The van der Waals surface area contributed by atoms with Crippen molar-refractivity contribution in [3.63, 3.8) is 0 Å². The average molecular weight is 477 g/mol. The number of nitrogens with zero attached hydrogens (tertiary/aromatic N) is 2. The summed E-state index contributed by atoms with van der Waals surface area (Å²) in [5.74, 6) is 0.785. The predicted octanol–water partition coefficient (Wildman–Crippen LogP) is 5.33. The van der Waals surface area contributed by atoms with Crippen molar-refractivity contribution in [2.75, 3.05) is 39.2 Å². The van der Waals surface area contributed by atoms with E-state index in [9.17, 15) is 4.79 Å². The SMILES string of the molecule is COc1ccc([C@H]2Sc3cc(C)ccc3N(CCN(C)C)C(=O)[C@H]2OCc2ccccc2)cc1. The quantitative estimate of drug-likeness (QED) is 0.440. The van der Waals surface area contributed by atoms with Gasteiger partial charge in [-0.3, -0.25) is 4.79 Å². The van der Waals surface area contributed by atoms with E-state index in [-0.39, 0.29) is 11.2 Å². The summed E-state index contributed by atoms with van der Waals surface area (Å²) in [5, 5.41) is -0.188. The number of carbonyl (C=O) groups excluding carboxylic acids is 1. The predicted molar refractivity (Wildman–Crippen MR) is 139 cm³/mol. The maximum atomic E-state index is 14.1. The molecule has 0 aliphatic carbocycles. The van der Waals surface area contributed by atoms with E-state index in [0.717, 1.165) is 34.0 Å². The van der Waals surface area contributed by atoms with Gasteiger partial charge in [0, 0.05) is 18.0 Å². The third kappa shape index (κ3) is 5.63. The topological polar surface area (TPSA) is 42.0 Å². The van der Waals surface area contributed by atoms with Crippen molar-refractivity contribution in [2.45, 2.75) is 29.8 Å².